The second-order valence-corrected chi connectivity index (χ2v) is 5.28. The van der Waals surface area contributed by atoms with Crippen LogP contribution >= 0.6 is 22.9 Å². The summed E-state index contributed by atoms with van der Waals surface area (Å²) in [5.41, 5.74) is 1.18. The van der Waals surface area contributed by atoms with E-state index in [1.807, 2.05) is 24.3 Å². The lowest BCUT2D eigenvalue weighted by molar-refractivity contribution is 0.0695. The smallest absolute Gasteiger partial charge is 0.339 e. The van der Waals surface area contributed by atoms with Crippen LogP contribution in [0.1, 0.15) is 16.1 Å². The molecule has 1 N–H and O–H groups in total. The molecule has 2 heterocycles. The summed E-state index contributed by atoms with van der Waals surface area (Å²) in [5, 5.41) is 9.67. The van der Waals surface area contributed by atoms with E-state index < -0.39 is 5.97 Å². The highest BCUT2D eigenvalue weighted by Crippen LogP contribution is 2.28. The van der Waals surface area contributed by atoms with E-state index in [4.69, 9.17) is 16.7 Å². The first kappa shape index (κ1) is 13.0. The minimum absolute atomic E-state index is 0.0159. The van der Waals surface area contributed by atoms with Crippen LogP contribution in [0.5, 0.6) is 0 Å². The second kappa shape index (κ2) is 5.15. The summed E-state index contributed by atoms with van der Waals surface area (Å²) in [6.45, 7) is 0. The number of nitrogens with zero attached hydrogens (tertiary/aromatic N) is 3. The fourth-order valence-corrected chi connectivity index (χ4v) is 2.88. The number of carboxylic acid groups (broad SMARTS) is 1. The van der Waals surface area contributed by atoms with Gasteiger partial charge in [-0.3, -0.25) is 0 Å². The fourth-order valence-electron chi connectivity index (χ4n) is 1.77. The first-order chi connectivity index (χ1) is 9.69. The summed E-state index contributed by atoms with van der Waals surface area (Å²) in [5.74, 6) is -0.675. The van der Waals surface area contributed by atoms with Crippen molar-refractivity contribution in [3.05, 3.63) is 41.7 Å². The second-order valence-electron chi connectivity index (χ2n) is 3.98. The van der Waals surface area contributed by atoms with Crippen LogP contribution in [0.4, 0.5) is 0 Å². The first-order valence-electron chi connectivity index (χ1n) is 5.70. The molecule has 100 valence electrons. The molecule has 0 aliphatic rings. The van der Waals surface area contributed by atoms with Crippen molar-refractivity contribution in [2.75, 3.05) is 0 Å². The summed E-state index contributed by atoms with van der Waals surface area (Å²) in [7, 11) is 0. The van der Waals surface area contributed by atoms with E-state index in [-0.39, 0.29) is 11.4 Å². The molecule has 0 saturated carbocycles. The van der Waals surface area contributed by atoms with Gasteiger partial charge in [0.05, 0.1) is 21.8 Å². The van der Waals surface area contributed by atoms with Crippen LogP contribution < -0.4 is 0 Å². The highest BCUT2D eigenvalue weighted by Gasteiger charge is 2.15. The van der Waals surface area contributed by atoms with Crippen LogP contribution in [0.15, 0.2) is 30.5 Å². The van der Waals surface area contributed by atoms with Gasteiger partial charge in [-0.15, -0.1) is 22.9 Å². The maximum atomic E-state index is 11.0. The molecule has 0 spiro atoms. The van der Waals surface area contributed by atoms with Gasteiger partial charge in [-0.25, -0.2) is 19.7 Å². The zero-order chi connectivity index (χ0) is 14.1. The zero-order valence-electron chi connectivity index (χ0n) is 10.1. The predicted molar refractivity (Wildman–Crippen MR) is 77.2 cm³/mol. The van der Waals surface area contributed by atoms with E-state index in [1.165, 1.54) is 17.5 Å². The zero-order valence-corrected chi connectivity index (χ0v) is 11.6. The van der Waals surface area contributed by atoms with Gasteiger partial charge in [0.1, 0.15) is 5.56 Å². The first-order valence-corrected chi connectivity index (χ1v) is 7.05. The Balaban J connectivity index is 2.12. The molecule has 1 aromatic carbocycles. The van der Waals surface area contributed by atoms with Gasteiger partial charge >= 0.3 is 5.97 Å². The Labute approximate surface area is 122 Å². The molecule has 0 fully saturated rings. The Bertz CT molecular complexity index is 770. The van der Waals surface area contributed by atoms with Crippen molar-refractivity contribution in [1.82, 2.24) is 15.0 Å². The van der Waals surface area contributed by atoms with E-state index in [2.05, 4.69) is 15.0 Å². The van der Waals surface area contributed by atoms with Gasteiger partial charge in [0.15, 0.2) is 10.8 Å². The maximum Gasteiger partial charge on any atom is 0.339 e. The highest BCUT2D eigenvalue weighted by atomic mass is 35.5. The predicted octanol–water partition coefficient (Wildman–Crippen LogP) is 3.19. The van der Waals surface area contributed by atoms with Crippen LogP contribution in [-0.4, -0.2) is 26.0 Å². The molecule has 0 aliphatic carbocycles. The average Bonchev–Trinajstić information content (AvgIpc) is 2.90. The summed E-state index contributed by atoms with van der Waals surface area (Å²) in [6, 6.07) is 7.71. The lowest BCUT2D eigenvalue weighted by atomic mass is 10.2. The van der Waals surface area contributed by atoms with Crippen molar-refractivity contribution in [3.63, 3.8) is 0 Å². The third-order valence-corrected chi connectivity index (χ3v) is 4.00. The minimum Gasteiger partial charge on any atom is -0.478 e. The quantitative estimate of drug-likeness (QED) is 0.752. The molecule has 3 aromatic rings. The minimum atomic E-state index is -1.09. The highest BCUT2D eigenvalue weighted by molar-refractivity contribution is 7.21. The van der Waals surface area contributed by atoms with Crippen LogP contribution in [0.2, 0.25) is 0 Å². The van der Waals surface area contributed by atoms with Gasteiger partial charge in [0.25, 0.3) is 0 Å². The number of fused-ring (bicyclic) bond motifs is 1. The van der Waals surface area contributed by atoms with Crippen molar-refractivity contribution >= 4 is 39.1 Å². The summed E-state index contributed by atoms with van der Waals surface area (Å²) >= 11 is 7.20. The number of benzene rings is 1. The molecule has 3 rings (SSSR count). The fraction of sp³-hybridized carbons (Fsp3) is 0.0769. The van der Waals surface area contributed by atoms with Gasteiger partial charge in [0.2, 0.25) is 0 Å². The van der Waals surface area contributed by atoms with Crippen LogP contribution in [-0.2, 0) is 5.88 Å². The Morgan fingerprint density at radius 3 is 2.80 bits per heavy atom. The van der Waals surface area contributed by atoms with Gasteiger partial charge in [-0.05, 0) is 12.1 Å². The molecule has 0 radical (unpaired) electrons. The van der Waals surface area contributed by atoms with Gasteiger partial charge < -0.3 is 5.11 Å². The van der Waals surface area contributed by atoms with E-state index >= 15 is 0 Å². The summed E-state index contributed by atoms with van der Waals surface area (Å²) in [4.78, 5) is 23.7. The topological polar surface area (TPSA) is 76.0 Å². The SMILES string of the molecule is O=C(O)c1cnc(-c2nc3ccccc3s2)nc1CCl. The number of carbonyl (C=O) groups is 1. The standard InChI is InChI=1S/C13H8ClN3O2S/c14-5-9-7(13(18)19)6-15-11(16-9)12-17-8-3-1-2-4-10(8)20-12/h1-4,6H,5H2,(H,18,19). The Morgan fingerprint density at radius 1 is 1.30 bits per heavy atom. The Kier molecular flexibility index (Phi) is 3.33. The number of carboxylic acids is 1. The molecule has 0 saturated heterocycles. The largest absolute Gasteiger partial charge is 0.478 e. The van der Waals surface area contributed by atoms with E-state index in [0.29, 0.717) is 16.5 Å². The molecule has 0 aliphatic heterocycles. The lowest BCUT2D eigenvalue weighted by Gasteiger charge is -2.02. The van der Waals surface area contributed by atoms with Gasteiger partial charge in [-0.1, -0.05) is 12.1 Å². The molecule has 0 amide bonds. The number of alkyl halides is 1. The van der Waals surface area contributed by atoms with Gasteiger partial charge in [-0.2, -0.15) is 0 Å². The average molecular weight is 306 g/mol. The Hall–Kier alpha value is -2.05. The number of halogens is 1. The number of aromatic carboxylic acids is 1. The molecule has 0 unspecified atom stereocenters. The number of rotatable bonds is 3. The molecule has 0 bridgehead atoms. The van der Waals surface area contributed by atoms with Crippen molar-refractivity contribution in [2.24, 2.45) is 0 Å². The van der Waals surface area contributed by atoms with Gasteiger partial charge in [0, 0.05) is 6.20 Å². The van der Waals surface area contributed by atoms with Crippen LogP contribution in [0, 0.1) is 0 Å². The van der Waals surface area contributed by atoms with Crippen molar-refractivity contribution < 1.29 is 9.90 Å². The summed E-state index contributed by atoms with van der Waals surface area (Å²) in [6.07, 6.45) is 1.27. The molecular formula is C13H8ClN3O2S. The van der Waals surface area contributed by atoms with E-state index in [0.717, 1.165) is 10.2 Å². The third kappa shape index (κ3) is 2.23. The van der Waals surface area contributed by atoms with Crippen molar-refractivity contribution in [1.29, 1.82) is 0 Å². The van der Waals surface area contributed by atoms with Crippen molar-refractivity contribution in [2.45, 2.75) is 5.88 Å². The summed E-state index contributed by atoms with van der Waals surface area (Å²) < 4.78 is 1.03. The molecule has 0 atom stereocenters. The number of thiazole rings is 1. The monoisotopic (exact) mass is 305 g/mol. The number of hydrogen-bond donors (Lipinski definition) is 1. The number of para-hydroxylation sites is 1. The number of hydrogen-bond acceptors (Lipinski definition) is 5. The molecule has 7 heteroatoms. The van der Waals surface area contributed by atoms with E-state index in [9.17, 15) is 4.79 Å². The van der Waals surface area contributed by atoms with Crippen LogP contribution in [0.3, 0.4) is 0 Å². The third-order valence-electron chi connectivity index (χ3n) is 2.71. The normalized spacial score (nSPS) is 10.8. The van der Waals surface area contributed by atoms with E-state index in [1.54, 1.807) is 0 Å². The molecule has 20 heavy (non-hydrogen) atoms. The Morgan fingerprint density at radius 2 is 2.10 bits per heavy atom. The lowest BCUT2D eigenvalue weighted by Crippen LogP contribution is -2.06. The van der Waals surface area contributed by atoms with Crippen LogP contribution in [0.25, 0.3) is 21.0 Å². The maximum absolute atomic E-state index is 11.0. The van der Waals surface area contributed by atoms with Crippen molar-refractivity contribution in [3.8, 4) is 10.8 Å². The number of aromatic nitrogens is 3. The molecular weight excluding hydrogens is 298 g/mol. The molecule has 2 aromatic heterocycles. The molecule has 5 nitrogen and oxygen atoms in total.